The summed E-state index contributed by atoms with van der Waals surface area (Å²) in [6, 6.07) is 2.00. The van der Waals surface area contributed by atoms with Gasteiger partial charge in [0.25, 0.3) is 5.91 Å². The van der Waals surface area contributed by atoms with Gasteiger partial charge in [-0.2, -0.15) is 0 Å². The zero-order valence-electron chi connectivity index (χ0n) is 12.0. The maximum atomic E-state index is 12.5. The molecule has 1 aromatic rings. The van der Waals surface area contributed by atoms with E-state index in [1.165, 1.54) is 28.6 Å². The van der Waals surface area contributed by atoms with E-state index in [1.807, 2.05) is 16.3 Å². The maximum Gasteiger partial charge on any atom is 0.254 e. The van der Waals surface area contributed by atoms with Crippen molar-refractivity contribution >= 4 is 39.8 Å². The fraction of sp³-hybridized carbons (Fsp3) is 0.667. The topological polar surface area (TPSA) is 20.3 Å². The lowest BCUT2D eigenvalue weighted by Gasteiger charge is -2.22. The molecule has 0 bridgehead atoms. The second kappa shape index (κ2) is 9.75. The van der Waals surface area contributed by atoms with Gasteiger partial charge in [-0.05, 0) is 41.5 Å². The third kappa shape index (κ3) is 6.25. The summed E-state index contributed by atoms with van der Waals surface area (Å²) in [5, 5.41) is 1.98. The molecule has 0 fully saturated rings. The molecular formula is C15H24INOS. The molecule has 0 N–H and O–H groups in total. The van der Waals surface area contributed by atoms with Gasteiger partial charge in [-0.15, -0.1) is 11.3 Å². The zero-order chi connectivity index (χ0) is 14.1. The Labute approximate surface area is 134 Å². The standard InChI is InChI=1S/C15H24INOS/c1-3-5-7-9-17(10-8-6-4-2)15(18)13-11-14(16)19-12-13/h11-12H,3-10H2,1-2H3. The summed E-state index contributed by atoms with van der Waals surface area (Å²) < 4.78 is 1.18. The molecule has 0 aliphatic rings. The van der Waals surface area contributed by atoms with Gasteiger partial charge in [-0.1, -0.05) is 39.5 Å². The fourth-order valence-corrected chi connectivity index (χ4v) is 3.35. The van der Waals surface area contributed by atoms with Crippen molar-refractivity contribution < 1.29 is 4.79 Å². The number of rotatable bonds is 9. The number of carbonyl (C=O) groups is 1. The highest BCUT2D eigenvalue weighted by Crippen LogP contribution is 2.18. The van der Waals surface area contributed by atoms with Crippen molar-refractivity contribution in [3.63, 3.8) is 0 Å². The number of hydrogen-bond donors (Lipinski definition) is 0. The van der Waals surface area contributed by atoms with Gasteiger partial charge < -0.3 is 4.90 Å². The highest BCUT2D eigenvalue weighted by atomic mass is 127. The summed E-state index contributed by atoms with van der Waals surface area (Å²) in [5.74, 6) is 0.214. The van der Waals surface area contributed by atoms with E-state index in [4.69, 9.17) is 0 Å². The minimum Gasteiger partial charge on any atom is -0.339 e. The highest BCUT2D eigenvalue weighted by Gasteiger charge is 2.16. The smallest absolute Gasteiger partial charge is 0.254 e. The first-order valence-corrected chi connectivity index (χ1v) is 9.18. The lowest BCUT2D eigenvalue weighted by atomic mass is 10.2. The van der Waals surface area contributed by atoms with Crippen LogP contribution in [0.1, 0.15) is 62.7 Å². The zero-order valence-corrected chi connectivity index (χ0v) is 14.9. The van der Waals surface area contributed by atoms with Crippen LogP contribution in [0.5, 0.6) is 0 Å². The Balaban J connectivity index is 2.57. The van der Waals surface area contributed by atoms with Crippen molar-refractivity contribution in [2.75, 3.05) is 13.1 Å². The van der Waals surface area contributed by atoms with Crippen molar-refractivity contribution in [3.05, 3.63) is 19.9 Å². The second-order valence-corrected chi connectivity index (χ2v) is 7.65. The lowest BCUT2D eigenvalue weighted by Crippen LogP contribution is -2.32. The summed E-state index contributed by atoms with van der Waals surface area (Å²) in [5.41, 5.74) is 0.863. The Bertz CT molecular complexity index is 368. The van der Waals surface area contributed by atoms with Crippen LogP contribution in [0, 0.1) is 2.88 Å². The SMILES string of the molecule is CCCCCN(CCCCC)C(=O)c1csc(I)c1. The van der Waals surface area contributed by atoms with Crippen molar-refractivity contribution in [1.29, 1.82) is 0 Å². The fourth-order valence-electron chi connectivity index (χ4n) is 2.03. The van der Waals surface area contributed by atoms with Crippen LogP contribution in [-0.4, -0.2) is 23.9 Å². The number of thiophene rings is 1. The van der Waals surface area contributed by atoms with Gasteiger partial charge in [0.15, 0.2) is 0 Å². The molecule has 0 aromatic carbocycles. The van der Waals surface area contributed by atoms with Crippen LogP contribution in [0.3, 0.4) is 0 Å². The van der Waals surface area contributed by atoms with E-state index < -0.39 is 0 Å². The third-order valence-corrected chi connectivity index (χ3v) is 4.95. The van der Waals surface area contributed by atoms with Crippen LogP contribution < -0.4 is 0 Å². The molecule has 1 amide bonds. The molecule has 0 aliphatic heterocycles. The van der Waals surface area contributed by atoms with Crippen molar-refractivity contribution in [3.8, 4) is 0 Å². The van der Waals surface area contributed by atoms with E-state index in [-0.39, 0.29) is 5.91 Å². The number of hydrogen-bond acceptors (Lipinski definition) is 2. The van der Waals surface area contributed by atoms with Gasteiger partial charge in [-0.3, -0.25) is 4.79 Å². The van der Waals surface area contributed by atoms with Gasteiger partial charge in [0.1, 0.15) is 0 Å². The molecule has 4 heteroatoms. The molecule has 0 saturated carbocycles. The molecule has 0 saturated heterocycles. The minimum atomic E-state index is 0.214. The number of unbranched alkanes of at least 4 members (excludes halogenated alkanes) is 4. The summed E-state index contributed by atoms with van der Waals surface area (Å²) in [4.78, 5) is 14.5. The second-order valence-electron chi connectivity index (χ2n) is 4.85. The molecule has 19 heavy (non-hydrogen) atoms. The van der Waals surface area contributed by atoms with Crippen LogP contribution in [0.25, 0.3) is 0 Å². The summed E-state index contributed by atoms with van der Waals surface area (Å²) >= 11 is 3.92. The number of nitrogens with zero attached hydrogens (tertiary/aromatic N) is 1. The molecule has 1 rings (SSSR count). The van der Waals surface area contributed by atoms with Gasteiger partial charge in [0, 0.05) is 18.5 Å². The van der Waals surface area contributed by atoms with Crippen LogP contribution in [0.15, 0.2) is 11.4 Å². The van der Waals surface area contributed by atoms with Crippen LogP contribution in [-0.2, 0) is 0 Å². The van der Waals surface area contributed by atoms with Crippen LogP contribution in [0.4, 0.5) is 0 Å². The van der Waals surface area contributed by atoms with E-state index in [2.05, 4.69) is 36.4 Å². The Hall–Kier alpha value is -0.100. The molecule has 108 valence electrons. The predicted molar refractivity (Wildman–Crippen MR) is 92.0 cm³/mol. The van der Waals surface area contributed by atoms with Crippen molar-refractivity contribution in [2.24, 2.45) is 0 Å². The van der Waals surface area contributed by atoms with E-state index in [1.54, 1.807) is 11.3 Å². The van der Waals surface area contributed by atoms with Gasteiger partial charge in [0.2, 0.25) is 0 Å². The van der Waals surface area contributed by atoms with E-state index >= 15 is 0 Å². The Kier molecular flexibility index (Phi) is 8.70. The molecule has 1 aromatic heterocycles. The van der Waals surface area contributed by atoms with E-state index in [9.17, 15) is 4.79 Å². The molecule has 0 atom stereocenters. The predicted octanol–water partition coefficient (Wildman–Crippen LogP) is 5.18. The monoisotopic (exact) mass is 393 g/mol. The molecule has 0 unspecified atom stereocenters. The number of carbonyl (C=O) groups excluding carboxylic acids is 1. The first-order valence-electron chi connectivity index (χ1n) is 7.22. The van der Waals surface area contributed by atoms with Crippen molar-refractivity contribution in [2.45, 2.75) is 52.4 Å². The van der Waals surface area contributed by atoms with Gasteiger partial charge in [0.05, 0.1) is 8.45 Å². The maximum absolute atomic E-state index is 12.5. The summed E-state index contributed by atoms with van der Waals surface area (Å²) in [6.07, 6.45) is 7.06. The third-order valence-electron chi connectivity index (χ3n) is 3.16. The average molecular weight is 393 g/mol. The summed E-state index contributed by atoms with van der Waals surface area (Å²) in [7, 11) is 0. The molecule has 2 nitrogen and oxygen atoms in total. The lowest BCUT2D eigenvalue weighted by molar-refractivity contribution is 0.0750. The highest BCUT2D eigenvalue weighted by molar-refractivity contribution is 14.1. The van der Waals surface area contributed by atoms with Crippen LogP contribution in [0.2, 0.25) is 0 Å². The molecule has 1 heterocycles. The molecule has 0 aliphatic carbocycles. The molecule has 0 radical (unpaired) electrons. The Morgan fingerprint density at radius 1 is 1.16 bits per heavy atom. The number of halogens is 1. The quantitative estimate of drug-likeness (QED) is 0.418. The normalized spacial score (nSPS) is 10.7. The minimum absolute atomic E-state index is 0.214. The van der Waals surface area contributed by atoms with Gasteiger partial charge in [-0.25, -0.2) is 0 Å². The first kappa shape index (κ1) is 17.0. The average Bonchev–Trinajstić information content (AvgIpc) is 2.83. The van der Waals surface area contributed by atoms with E-state index in [0.717, 1.165) is 31.5 Å². The molecule has 0 spiro atoms. The van der Waals surface area contributed by atoms with Gasteiger partial charge >= 0.3 is 0 Å². The van der Waals surface area contributed by atoms with Crippen LogP contribution >= 0.6 is 33.9 Å². The van der Waals surface area contributed by atoms with E-state index in [0.29, 0.717) is 0 Å². The summed E-state index contributed by atoms with van der Waals surface area (Å²) in [6.45, 7) is 6.21. The largest absolute Gasteiger partial charge is 0.339 e. The number of amides is 1. The molecular weight excluding hydrogens is 369 g/mol. The Morgan fingerprint density at radius 3 is 2.16 bits per heavy atom. The Morgan fingerprint density at radius 2 is 1.74 bits per heavy atom. The first-order chi connectivity index (χ1) is 9.19. The van der Waals surface area contributed by atoms with Crippen molar-refractivity contribution in [1.82, 2.24) is 4.90 Å².